The maximum atomic E-state index is 11.9. The lowest BCUT2D eigenvalue weighted by molar-refractivity contribution is 0.0694. The Bertz CT molecular complexity index is 972. The summed E-state index contributed by atoms with van der Waals surface area (Å²) in [4.78, 5) is 11.9. The van der Waals surface area contributed by atoms with Gasteiger partial charge in [0.1, 0.15) is 11.5 Å². The Labute approximate surface area is 163 Å². The molecule has 27 heavy (non-hydrogen) atoms. The minimum Gasteiger partial charge on any atom is -0.478 e. The number of aromatic nitrogens is 1. The van der Waals surface area contributed by atoms with E-state index in [4.69, 9.17) is 16.0 Å². The summed E-state index contributed by atoms with van der Waals surface area (Å²) >= 11 is 6.08. The SMILES string of the molecule is Cc1ccc(CNCc2c(C(=O)O)c(C)n(Cc3cccc(Cl)c3)c2C)o1. The summed E-state index contributed by atoms with van der Waals surface area (Å²) in [5, 5.41) is 13.7. The fourth-order valence-corrected chi connectivity index (χ4v) is 3.61. The van der Waals surface area contributed by atoms with Gasteiger partial charge in [0.05, 0.1) is 12.1 Å². The number of hydrogen-bond donors (Lipinski definition) is 2. The van der Waals surface area contributed by atoms with Gasteiger partial charge in [-0.1, -0.05) is 23.7 Å². The molecule has 2 heterocycles. The number of halogens is 1. The van der Waals surface area contributed by atoms with Crippen LogP contribution >= 0.6 is 11.6 Å². The van der Waals surface area contributed by atoms with Crippen LogP contribution in [0.25, 0.3) is 0 Å². The summed E-state index contributed by atoms with van der Waals surface area (Å²) in [6.45, 7) is 7.28. The van der Waals surface area contributed by atoms with Crippen molar-refractivity contribution in [3.8, 4) is 0 Å². The lowest BCUT2D eigenvalue weighted by atomic mass is 10.1. The van der Waals surface area contributed by atoms with Crippen LogP contribution in [0.3, 0.4) is 0 Å². The first kappa shape index (κ1) is 19.3. The Morgan fingerprint density at radius 3 is 2.56 bits per heavy atom. The fourth-order valence-electron chi connectivity index (χ4n) is 3.39. The van der Waals surface area contributed by atoms with Crippen LogP contribution in [0, 0.1) is 20.8 Å². The van der Waals surface area contributed by atoms with Crippen molar-refractivity contribution in [2.75, 3.05) is 0 Å². The highest BCUT2D eigenvalue weighted by atomic mass is 35.5. The third-order valence-electron chi connectivity index (χ3n) is 4.75. The number of nitrogens with zero attached hydrogens (tertiary/aromatic N) is 1. The first-order valence-electron chi connectivity index (χ1n) is 8.79. The van der Waals surface area contributed by atoms with Crippen molar-refractivity contribution < 1.29 is 14.3 Å². The molecule has 2 N–H and O–H groups in total. The van der Waals surface area contributed by atoms with Crippen LogP contribution < -0.4 is 5.32 Å². The highest BCUT2D eigenvalue weighted by molar-refractivity contribution is 6.30. The van der Waals surface area contributed by atoms with E-state index in [1.807, 2.05) is 61.7 Å². The molecular formula is C21H23ClN2O3. The van der Waals surface area contributed by atoms with Crippen LogP contribution in [0.15, 0.2) is 40.8 Å². The zero-order valence-electron chi connectivity index (χ0n) is 15.7. The van der Waals surface area contributed by atoms with Gasteiger partial charge in [0.15, 0.2) is 0 Å². The second-order valence-corrected chi connectivity index (χ2v) is 7.10. The normalized spacial score (nSPS) is 11.1. The quantitative estimate of drug-likeness (QED) is 0.617. The molecule has 0 fully saturated rings. The van der Waals surface area contributed by atoms with Gasteiger partial charge < -0.3 is 19.4 Å². The van der Waals surface area contributed by atoms with Gasteiger partial charge in [-0.2, -0.15) is 0 Å². The second kappa shape index (κ2) is 8.03. The third-order valence-corrected chi connectivity index (χ3v) is 4.99. The Balaban J connectivity index is 1.85. The van der Waals surface area contributed by atoms with E-state index in [1.165, 1.54) is 0 Å². The van der Waals surface area contributed by atoms with Gasteiger partial charge in [-0.05, 0) is 50.6 Å². The maximum absolute atomic E-state index is 11.9. The fraction of sp³-hybridized carbons (Fsp3) is 0.286. The molecule has 5 nitrogen and oxygen atoms in total. The van der Waals surface area contributed by atoms with Crippen LogP contribution in [0.4, 0.5) is 0 Å². The summed E-state index contributed by atoms with van der Waals surface area (Å²) in [6, 6.07) is 11.5. The van der Waals surface area contributed by atoms with E-state index >= 15 is 0 Å². The molecule has 0 aliphatic heterocycles. The van der Waals surface area contributed by atoms with Crippen molar-refractivity contribution in [1.82, 2.24) is 9.88 Å². The molecule has 0 radical (unpaired) electrons. The molecule has 3 rings (SSSR count). The molecule has 1 aromatic carbocycles. The van der Waals surface area contributed by atoms with E-state index in [9.17, 15) is 9.90 Å². The minimum atomic E-state index is -0.911. The van der Waals surface area contributed by atoms with Gasteiger partial charge >= 0.3 is 5.97 Å². The lowest BCUT2D eigenvalue weighted by Crippen LogP contribution is -2.15. The number of nitrogens with one attached hydrogen (secondary N) is 1. The third kappa shape index (κ3) is 4.26. The zero-order valence-corrected chi connectivity index (χ0v) is 16.4. The van der Waals surface area contributed by atoms with Crippen molar-refractivity contribution >= 4 is 17.6 Å². The van der Waals surface area contributed by atoms with Crippen molar-refractivity contribution in [2.45, 2.75) is 40.4 Å². The molecule has 0 bridgehead atoms. The number of aryl methyl sites for hydroxylation is 1. The minimum absolute atomic E-state index is 0.359. The van der Waals surface area contributed by atoms with E-state index in [0.29, 0.717) is 30.2 Å². The highest BCUT2D eigenvalue weighted by Crippen LogP contribution is 2.24. The smallest absolute Gasteiger partial charge is 0.337 e. The van der Waals surface area contributed by atoms with Crippen molar-refractivity contribution in [3.05, 3.63) is 81.0 Å². The van der Waals surface area contributed by atoms with E-state index in [1.54, 1.807) is 0 Å². The van der Waals surface area contributed by atoms with Gasteiger partial charge in [0.25, 0.3) is 0 Å². The molecule has 6 heteroatoms. The molecule has 0 aliphatic rings. The summed E-state index contributed by atoms with van der Waals surface area (Å²) in [7, 11) is 0. The number of hydrogen-bond acceptors (Lipinski definition) is 3. The average molecular weight is 387 g/mol. The molecule has 0 aliphatic carbocycles. The summed E-state index contributed by atoms with van der Waals surface area (Å²) in [5.74, 6) is 0.779. The first-order chi connectivity index (χ1) is 12.9. The zero-order chi connectivity index (χ0) is 19.6. The molecule has 3 aromatic rings. The van der Waals surface area contributed by atoms with Crippen LogP contribution in [0.2, 0.25) is 5.02 Å². The summed E-state index contributed by atoms with van der Waals surface area (Å²) in [5.41, 5.74) is 3.87. The second-order valence-electron chi connectivity index (χ2n) is 6.66. The predicted octanol–water partition coefficient (Wildman–Crippen LogP) is 4.70. The van der Waals surface area contributed by atoms with Gasteiger partial charge in [0, 0.05) is 35.1 Å². The molecule has 0 atom stereocenters. The predicted molar refractivity (Wildman–Crippen MR) is 105 cm³/mol. The standard InChI is InChI=1S/C21H23ClN2O3/c1-13-7-8-18(27-13)10-23-11-19-14(2)24(15(3)20(19)21(25)26)12-16-5-4-6-17(22)9-16/h4-9,23H,10-12H2,1-3H3,(H,25,26). The number of furan rings is 1. The maximum Gasteiger partial charge on any atom is 0.337 e. The van der Waals surface area contributed by atoms with Gasteiger partial charge in [-0.3, -0.25) is 0 Å². The number of carboxylic acids is 1. The highest BCUT2D eigenvalue weighted by Gasteiger charge is 2.22. The number of rotatable bonds is 7. The van der Waals surface area contributed by atoms with Crippen LogP contribution in [0.1, 0.15) is 44.4 Å². The molecule has 2 aromatic heterocycles. The molecule has 0 saturated carbocycles. The number of benzene rings is 1. The van der Waals surface area contributed by atoms with Crippen molar-refractivity contribution in [2.24, 2.45) is 0 Å². The number of carbonyl (C=O) groups is 1. The number of carboxylic acid groups (broad SMARTS) is 1. The lowest BCUT2D eigenvalue weighted by Gasteiger charge is -2.10. The number of aromatic carboxylic acids is 1. The molecule has 0 unspecified atom stereocenters. The Kier molecular flexibility index (Phi) is 5.73. The van der Waals surface area contributed by atoms with E-state index < -0.39 is 5.97 Å². The van der Waals surface area contributed by atoms with Crippen molar-refractivity contribution in [1.29, 1.82) is 0 Å². The first-order valence-corrected chi connectivity index (χ1v) is 9.17. The van der Waals surface area contributed by atoms with E-state index in [0.717, 1.165) is 34.0 Å². The van der Waals surface area contributed by atoms with Crippen LogP contribution in [-0.4, -0.2) is 15.6 Å². The monoisotopic (exact) mass is 386 g/mol. The largest absolute Gasteiger partial charge is 0.478 e. The van der Waals surface area contributed by atoms with Crippen molar-refractivity contribution in [3.63, 3.8) is 0 Å². The summed E-state index contributed by atoms with van der Waals surface area (Å²) in [6.07, 6.45) is 0. The molecule has 142 valence electrons. The molecular weight excluding hydrogens is 364 g/mol. The summed E-state index contributed by atoms with van der Waals surface area (Å²) < 4.78 is 7.58. The molecule has 0 spiro atoms. The van der Waals surface area contributed by atoms with Gasteiger partial charge in [0.2, 0.25) is 0 Å². The average Bonchev–Trinajstić information content (AvgIpc) is 3.11. The topological polar surface area (TPSA) is 67.4 Å². The van der Waals surface area contributed by atoms with E-state index in [2.05, 4.69) is 5.32 Å². The Morgan fingerprint density at radius 2 is 1.93 bits per heavy atom. The molecule has 0 saturated heterocycles. The Hall–Kier alpha value is -2.50. The Morgan fingerprint density at radius 1 is 1.15 bits per heavy atom. The van der Waals surface area contributed by atoms with Gasteiger partial charge in [-0.25, -0.2) is 4.79 Å². The van der Waals surface area contributed by atoms with Gasteiger partial charge in [-0.15, -0.1) is 0 Å². The van der Waals surface area contributed by atoms with E-state index in [-0.39, 0.29) is 0 Å². The van der Waals surface area contributed by atoms with Crippen LogP contribution in [0.5, 0.6) is 0 Å². The molecule has 0 amide bonds. The van der Waals surface area contributed by atoms with Crippen LogP contribution in [-0.2, 0) is 19.6 Å².